The van der Waals surface area contributed by atoms with Crippen LogP contribution in [0.25, 0.3) is 11.1 Å². The van der Waals surface area contributed by atoms with E-state index in [9.17, 15) is 9.59 Å². The lowest BCUT2D eigenvalue weighted by Gasteiger charge is -2.31. The zero-order chi connectivity index (χ0) is 21.2. The number of aromatic amines is 1. The van der Waals surface area contributed by atoms with Gasteiger partial charge in [0.15, 0.2) is 0 Å². The minimum Gasteiger partial charge on any atom is -0.496 e. The maximum absolute atomic E-state index is 13.3. The van der Waals surface area contributed by atoms with Gasteiger partial charge in [-0.25, -0.2) is 0 Å². The fourth-order valence-electron chi connectivity index (χ4n) is 3.93. The summed E-state index contributed by atoms with van der Waals surface area (Å²) in [6.45, 7) is 8.10. The summed E-state index contributed by atoms with van der Waals surface area (Å²) in [6, 6.07) is 7.38. The molecule has 1 saturated heterocycles. The number of carbonyl (C=O) groups excluding carboxylic acids is 1. The van der Waals surface area contributed by atoms with Crippen LogP contribution >= 0.6 is 0 Å². The van der Waals surface area contributed by atoms with Crippen LogP contribution in [0, 0.1) is 0 Å². The van der Waals surface area contributed by atoms with E-state index in [0.29, 0.717) is 22.4 Å². The van der Waals surface area contributed by atoms with Crippen molar-refractivity contribution in [2.75, 3.05) is 27.2 Å². The zero-order valence-corrected chi connectivity index (χ0v) is 18.0. The van der Waals surface area contributed by atoms with Gasteiger partial charge in [0.05, 0.1) is 12.7 Å². The summed E-state index contributed by atoms with van der Waals surface area (Å²) in [5.74, 6) is 0.400. The molecule has 1 unspecified atom stereocenters. The molecule has 6 heteroatoms. The summed E-state index contributed by atoms with van der Waals surface area (Å²) in [5.41, 5.74) is 2.16. The number of amides is 1. The first-order chi connectivity index (χ1) is 13.7. The number of hydrogen-bond acceptors (Lipinski definition) is 4. The Balaban J connectivity index is 2.09. The molecular weight excluding hydrogens is 366 g/mol. The molecule has 0 aliphatic carbocycles. The van der Waals surface area contributed by atoms with Gasteiger partial charge < -0.3 is 19.9 Å². The smallest absolute Gasteiger partial charge is 0.255 e. The van der Waals surface area contributed by atoms with Crippen LogP contribution in [0.3, 0.4) is 0 Å². The van der Waals surface area contributed by atoms with Gasteiger partial charge in [0.2, 0.25) is 0 Å². The molecule has 0 saturated carbocycles. The van der Waals surface area contributed by atoms with E-state index in [1.54, 1.807) is 31.5 Å². The van der Waals surface area contributed by atoms with Crippen molar-refractivity contribution in [2.24, 2.45) is 0 Å². The fourth-order valence-corrected chi connectivity index (χ4v) is 3.93. The molecule has 1 fully saturated rings. The van der Waals surface area contributed by atoms with Crippen molar-refractivity contribution in [1.29, 1.82) is 0 Å². The number of likely N-dealkylation sites (tertiary alicyclic amines) is 1. The molecule has 0 bridgehead atoms. The molecule has 2 N–H and O–H groups in total. The van der Waals surface area contributed by atoms with Crippen LogP contribution in [-0.4, -0.2) is 49.1 Å². The summed E-state index contributed by atoms with van der Waals surface area (Å²) in [7, 11) is 3.66. The van der Waals surface area contributed by atoms with Crippen LogP contribution in [-0.2, 0) is 5.41 Å². The quantitative estimate of drug-likeness (QED) is 0.831. The number of aromatic nitrogens is 1. The minimum atomic E-state index is -0.261. The number of piperidine rings is 1. The molecule has 2 aromatic rings. The van der Waals surface area contributed by atoms with Crippen molar-refractivity contribution in [3.8, 4) is 16.9 Å². The molecule has 29 heavy (non-hydrogen) atoms. The zero-order valence-electron chi connectivity index (χ0n) is 18.0. The average Bonchev–Trinajstić information content (AvgIpc) is 2.66. The summed E-state index contributed by atoms with van der Waals surface area (Å²) in [4.78, 5) is 30.6. The number of likely N-dealkylation sites (N-methyl/N-ethyl adjacent to an activating group) is 1. The SMILES string of the molecule is COc1c(C(=O)NC2CCCN(C)C2)cc(-c2ccc[nH]c2=O)cc1C(C)(C)C. The van der Waals surface area contributed by atoms with E-state index in [0.717, 1.165) is 31.5 Å². The highest BCUT2D eigenvalue weighted by atomic mass is 16.5. The molecular formula is C23H31N3O3. The number of hydrogen-bond donors (Lipinski definition) is 2. The van der Waals surface area contributed by atoms with E-state index in [4.69, 9.17) is 4.74 Å². The Bertz CT molecular complexity index is 943. The molecule has 2 heterocycles. The van der Waals surface area contributed by atoms with Gasteiger partial charge in [0, 0.05) is 29.9 Å². The van der Waals surface area contributed by atoms with Gasteiger partial charge in [-0.15, -0.1) is 0 Å². The lowest BCUT2D eigenvalue weighted by atomic mass is 9.83. The molecule has 0 spiro atoms. The maximum Gasteiger partial charge on any atom is 0.255 e. The number of nitrogens with zero attached hydrogens (tertiary/aromatic N) is 1. The first kappa shape index (κ1) is 21.1. The summed E-state index contributed by atoms with van der Waals surface area (Å²) < 4.78 is 5.70. The third-order valence-electron chi connectivity index (χ3n) is 5.43. The number of methoxy groups -OCH3 is 1. The summed E-state index contributed by atoms with van der Waals surface area (Å²) >= 11 is 0. The Hall–Kier alpha value is -2.60. The molecule has 1 aliphatic heterocycles. The topological polar surface area (TPSA) is 74.4 Å². The molecule has 156 valence electrons. The monoisotopic (exact) mass is 397 g/mol. The maximum atomic E-state index is 13.3. The van der Waals surface area contributed by atoms with Gasteiger partial charge in [-0.1, -0.05) is 20.8 Å². The molecule has 1 aromatic heterocycles. The standard InChI is InChI=1S/C23H31N3O3/c1-23(2,3)19-13-15(17-9-6-10-24-21(17)27)12-18(20(19)29-5)22(28)25-16-8-7-11-26(4)14-16/h6,9-10,12-13,16H,7-8,11,14H2,1-5H3,(H,24,27)(H,25,28). The van der Waals surface area contributed by atoms with Crippen LogP contribution in [0.15, 0.2) is 35.3 Å². The van der Waals surface area contributed by atoms with Crippen LogP contribution < -0.4 is 15.6 Å². The van der Waals surface area contributed by atoms with Crippen LogP contribution in [0.2, 0.25) is 0 Å². The van der Waals surface area contributed by atoms with Gasteiger partial charge in [-0.2, -0.15) is 0 Å². The van der Waals surface area contributed by atoms with Crippen molar-refractivity contribution >= 4 is 5.91 Å². The Kier molecular flexibility index (Phi) is 6.13. The molecule has 1 amide bonds. The predicted octanol–water partition coefficient (Wildman–Crippen LogP) is 3.17. The van der Waals surface area contributed by atoms with E-state index in [1.165, 1.54) is 0 Å². The first-order valence-electron chi connectivity index (χ1n) is 10.1. The van der Waals surface area contributed by atoms with Crippen molar-refractivity contribution in [2.45, 2.75) is 45.1 Å². The van der Waals surface area contributed by atoms with E-state index < -0.39 is 0 Å². The second-order valence-corrected chi connectivity index (χ2v) is 8.84. The highest BCUT2D eigenvalue weighted by molar-refractivity contribution is 5.99. The molecule has 0 radical (unpaired) electrons. The van der Waals surface area contributed by atoms with Gasteiger partial charge in [0.1, 0.15) is 5.75 Å². The molecule has 1 aromatic carbocycles. The first-order valence-corrected chi connectivity index (χ1v) is 10.1. The Morgan fingerprint density at radius 2 is 2.07 bits per heavy atom. The Morgan fingerprint density at radius 1 is 1.31 bits per heavy atom. The largest absolute Gasteiger partial charge is 0.496 e. The number of nitrogens with one attached hydrogen (secondary N) is 2. The third kappa shape index (κ3) is 4.70. The number of pyridine rings is 1. The highest BCUT2D eigenvalue weighted by Gasteiger charge is 2.27. The summed E-state index contributed by atoms with van der Waals surface area (Å²) in [5, 5.41) is 3.17. The lowest BCUT2D eigenvalue weighted by Crippen LogP contribution is -2.46. The fraction of sp³-hybridized carbons (Fsp3) is 0.478. The molecule has 3 rings (SSSR count). The number of benzene rings is 1. The number of H-pyrrole nitrogens is 1. The van der Waals surface area contributed by atoms with Crippen molar-refractivity contribution in [1.82, 2.24) is 15.2 Å². The van der Waals surface area contributed by atoms with E-state index in [2.05, 4.69) is 43.0 Å². The predicted molar refractivity (Wildman–Crippen MR) is 116 cm³/mol. The van der Waals surface area contributed by atoms with Crippen molar-refractivity contribution in [3.63, 3.8) is 0 Å². The van der Waals surface area contributed by atoms with E-state index in [-0.39, 0.29) is 22.9 Å². The van der Waals surface area contributed by atoms with Crippen LogP contribution in [0.5, 0.6) is 5.75 Å². The second-order valence-electron chi connectivity index (χ2n) is 8.84. The van der Waals surface area contributed by atoms with Crippen LogP contribution in [0.1, 0.15) is 49.5 Å². The lowest BCUT2D eigenvalue weighted by molar-refractivity contribution is 0.0909. The Morgan fingerprint density at radius 3 is 2.69 bits per heavy atom. The Labute approximate surface area is 172 Å². The molecule has 1 atom stereocenters. The third-order valence-corrected chi connectivity index (χ3v) is 5.43. The molecule has 6 nitrogen and oxygen atoms in total. The number of rotatable bonds is 4. The minimum absolute atomic E-state index is 0.104. The average molecular weight is 398 g/mol. The number of ether oxygens (including phenoxy) is 1. The van der Waals surface area contributed by atoms with Gasteiger partial charge in [-0.05, 0) is 61.7 Å². The van der Waals surface area contributed by atoms with Crippen molar-refractivity contribution in [3.05, 3.63) is 51.9 Å². The van der Waals surface area contributed by atoms with E-state index >= 15 is 0 Å². The van der Waals surface area contributed by atoms with Crippen LogP contribution in [0.4, 0.5) is 0 Å². The normalized spacial score (nSPS) is 17.8. The van der Waals surface area contributed by atoms with Gasteiger partial charge >= 0.3 is 0 Å². The number of carbonyl (C=O) groups is 1. The van der Waals surface area contributed by atoms with Crippen molar-refractivity contribution < 1.29 is 9.53 Å². The summed E-state index contributed by atoms with van der Waals surface area (Å²) in [6.07, 6.45) is 3.63. The molecule has 1 aliphatic rings. The highest BCUT2D eigenvalue weighted by Crippen LogP contribution is 2.37. The second kappa shape index (κ2) is 8.41. The van der Waals surface area contributed by atoms with E-state index in [1.807, 2.05) is 6.07 Å². The van der Waals surface area contributed by atoms with Gasteiger partial charge in [-0.3, -0.25) is 9.59 Å². The van der Waals surface area contributed by atoms with Gasteiger partial charge in [0.25, 0.3) is 11.5 Å².